The minimum Gasteiger partial charge on any atom is -0.461 e. The second kappa shape index (κ2) is 8.58. The fourth-order valence-electron chi connectivity index (χ4n) is 2.20. The van der Waals surface area contributed by atoms with Gasteiger partial charge >= 0.3 is 11.9 Å². The maximum atomic E-state index is 12.5. The molecule has 0 aliphatic rings. The van der Waals surface area contributed by atoms with E-state index >= 15 is 0 Å². The van der Waals surface area contributed by atoms with E-state index in [-0.39, 0.29) is 36.9 Å². The highest BCUT2D eigenvalue weighted by Crippen LogP contribution is 2.12. The summed E-state index contributed by atoms with van der Waals surface area (Å²) in [5, 5.41) is 12.9. The quantitative estimate of drug-likeness (QED) is 0.551. The molecule has 0 amide bonds. The molecule has 0 aliphatic heterocycles. The summed E-state index contributed by atoms with van der Waals surface area (Å²) in [5.41, 5.74) is 0.523. The minimum absolute atomic E-state index is 0.0281. The minimum atomic E-state index is -0.700. The van der Waals surface area contributed by atoms with Crippen molar-refractivity contribution in [3.05, 3.63) is 52.8 Å². The number of nitrogens with zero attached hydrogens (tertiary/aromatic N) is 3. The lowest BCUT2D eigenvalue weighted by atomic mass is 10.1. The maximum Gasteiger partial charge on any atom is 0.358 e. The highest BCUT2D eigenvalue weighted by molar-refractivity contribution is 5.98. The van der Waals surface area contributed by atoms with Crippen LogP contribution in [0.5, 0.6) is 0 Å². The van der Waals surface area contributed by atoms with Crippen LogP contribution in [-0.4, -0.2) is 40.7 Å². The van der Waals surface area contributed by atoms with E-state index in [1.54, 1.807) is 32.0 Å². The van der Waals surface area contributed by atoms with Crippen LogP contribution in [0.15, 0.2) is 30.3 Å². The van der Waals surface area contributed by atoms with Crippen LogP contribution in [0.4, 0.5) is 0 Å². The molecular formula is C18H17N3O5. The standard InChI is InChI=1S/C18H17N3O5/c1-3-25-17(23)14-9-15(18(24)26-4-2)21(20-14)11-16(22)13-7-5-6-12(8-13)10-19/h5-9H,3-4,11H2,1-2H3. The largest absolute Gasteiger partial charge is 0.461 e. The van der Waals surface area contributed by atoms with E-state index in [9.17, 15) is 14.4 Å². The van der Waals surface area contributed by atoms with Crippen molar-refractivity contribution in [3.8, 4) is 6.07 Å². The van der Waals surface area contributed by atoms with Crippen LogP contribution in [0.3, 0.4) is 0 Å². The van der Waals surface area contributed by atoms with Gasteiger partial charge in [-0.1, -0.05) is 12.1 Å². The van der Waals surface area contributed by atoms with Gasteiger partial charge in [0, 0.05) is 11.6 Å². The third-order valence-corrected chi connectivity index (χ3v) is 3.36. The zero-order valence-corrected chi connectivity index (χ0v) is 14.4. The highest BCUT2D eigenvalue weighted by atomic mass is 16.5. The van der Waals surface area contributed by atoms with Gasteiger partial charge in [-0.05, 0) is 26.0 Å². The average molecular weight is 355 g/mol. The first-order valence-electron chi connectivity index (χ1n) is 7.95. The lowest BCUT2D eigenvalue weighted by molar-refractivity contribution is 0.0505. The number of rotatable bonds is 7. The van der Waals surface area contributed by atoms with E-state index in [2.05, 4.69) is 5.10 Å². The van der Waals surface area contributed by atoms with E-state index in [1.165, 1.54) is 12.1 Å². The molecule has 0 N–H and O–H groups in total. The Kier molecular flexibility index (Phi) is 6.22. The number of hydrogen-bond acceptors (Lipinski definition) is 7. The normalized spacial score (nSPS) is 10.0. The summed E-state index contributed by atoms with van der Waals surface area (Å²) >= 11 is 0. The van der Waals surface area contributed by atoms with Gasteiger partial charge in [0.1, 0.15) is 12.2 Å². The van der Waals surface area contributed by atoms with E-state index in [1.807, 2.05) is 6.07 Å². The van der Waals surface area contributed by atoms with Gasteiger partial charge < -0.3 is 9.47 Å². The van der Waals surface area contributed by atoms with Crippen LogP contribution in [0.25, 0.3) is 0 Å². The van der Waals surface area contributed by atoms with Crippen molar-refractivity contribution in [2.75, 3.05) is 13.2 Å². The van der Waals surface area contributed by atoms with Gasteiger partial charge in [-0.25, -0.2) is 14.3 Å². The lowest BCUT2D eigenvalue weighted by Gasteiger charge is -2.06. The summed E-state index contributed by atoms with van der Waals surface area (Å²) in [6, 6.07) is 9.36. The predicted molar refractivity (Wildman–Crippen MR) is 89.6 cm³/mol. The van der Waals surface area contributed by atoms with Gasteiger partial charge in [0.25, 0.3) is 0 Å². The Labute approximate surface area is 149 Å². The summed E-state index contributed by atoms with van der Waals surface area (Å²) < 4.78 is 10.9. The Hall–Kier alpha value is -3.47. The van der Waals surface area contributed by atoms with Crippen molar-refractivity contribution in [2.45, 2.75) is 20.4 Å². The molecule has 0 unspecified atom stereocenters. The molecule has 1 aromatic carbocycles. The molecule has 1 heterocycles. The van der Waals surface area contributed by atoms with Crippen LogP contribution in [-0.2, 0) is 16.0 Å². The third-order valence-electron chi connectivity index (χ3n) is 3.36. The average Bonchev–Trinajstić information content (AvgIpc) is 3.06. The van der Waals surface area contributed by atoms with Gasteiger partial charge in [-0.3, -0.25) is 4.79 Å². The lowest BCUT2D eigenvalue weighted by Crippen LogP contribution is -2.18. The number of benzene rings is 1. The molecule has 0 bridgehead atoms. The van der Waals surface area contributed by atoms with Crippen LogP contribution in [0.1, 0.15) is 50.7 Å². The highest BCUT2D eigenvalue weighted by Gasteiger charge is 2.22. The summed E-state index contributed by atoms with van der Waals surface area (Å²) in [4.78, 5) is 36.4. The number of nitriles is 1. The molecule has 2 aromatic rings. The Balaban J connectivity index is 2.33. The molecule has 2 rings (SSSR count). The second-order valence-corrected chi connectivity index (χ2v) is 5.13. The van der Waals surface area contributed by atoms with Crippen molar-refractivity contribution >= 4 is 17.7 Å². The van der Waals surface area contributed by atoms with Gasteiger partial charge in [-0.2, -0.15) is 10.4 Å². The van der Waals surface area contributed by atoms with Crippen LogP contribution < -0.4 is 0 Å². The van der Waals surface area contributed by atoms with Crippen molar-refractivity contribution in [3.63, 3.8) is 0 Å². The zero-order chi connectivity index (χ0) is 19.1. The first kappa shape index (κ1) is 18.9. The molecule has 8 heteroatoms. The van der Waals surface area contributed by atoms with Crippen LogP contribution in [0.2, 0.25) is 0 Å². The van der Waals surface area contributed by atoms with Crippen molar-refractivity contribution in [1.29, 1.82) is 5.26 Å². The zero-order valence-electron chi connectivity index (χ0n) is 14.4. The number of carbonyl (C=O) groups is 3. The molecule has 0 spiro atoms. The number of ether oxygens (including phenoxy) is 2. The third kappa shape index (κ3) is 4.33. The van der Waals surface area contributed by atoms with Crippen LogP contribution in [0, 0.1) is 11.3 Å². The van der Waals surface area contributed by atoms with Crippen molar-refractivity contribution in [2.24, 2.45) is 0 Å². The molecule has 0 radical (unpaired) electrons. The van der Waals surface area contributed by atoms with Gasteiger partial charge in [-0.15, -0.1) is 0 Å². The Morgan fingerprint density at radius 2 is 1.81 bits per heavy atom. The molecular weight excluding hydrogens is 338 g/mol. The molecule has 134 valence electrons. The number of ketones is 1. The smallest absolute Gasteiger partial charge is 0.358 e. The summed E-state index contributed by atoms with van der Waals surface area (Å²) in [6.45, 7) is 3.29. The first-order chi connectivity index (χ1) is 12.5. The topological polar surface area (TPSA) is 111 Å². The first-order valence-corrected chi connectivity index (χ1v) is 7.95. The summed E-state index contributed by atoms with van der Waals surface area (Å²) in [6.07, 6.45) is 0. The van der Waals surface area contributed by atoms with Crippen molar-refractivity contribution in [1.82, 2.24) is 9.78 Å². The van der Waals surface area contributed by atoms with Crippen molar-refractivity contribution < 1.29 is 23.9 Å². The molecule has 0 saturated heterocycles. The molecule has 0 fully saturated rings. The SMILES string of the molecule is CCOC(=O)c1cc(C(=O)OCC)n(CC(=O)c2cccc(C#N)c2)n1. The number of carbonyl (C=O) groups excluding carboxylic acids is 3. The number of hydrogen-bond donors (Lipinski definition) is 0. The van der Waals surface area contributed by atoms with E-state index in [4.69, 9.17) is 14.7 Å². The summed E-state index contributed by atoms with van der Waals surface area (Å²) in [5.74, 6) is -1.77. The molecule has 8 nitrogen and oxygen atoms in total. The molecule has 1 aromatic heterocycles. The van der Waals surface area contributed by atoms with E-state index in [0.29, 0.717) is 11.1 Å². The Morgan fingerprint density at radius 3 is 2.46 bits per heavy atom. The van der Waals surface area contributed by atoms with E-state index < -0.39 is 11.9 Å². The molecule has 26 heavy (non-hydrogen) atoms. The van der Waals surface area contributed by atoms with E-state index in [0.717, 1.165) is 4.68 Å². The molecule has 0 atom stereocenters. The number of Topliss-reactive ketones (excluding diaryl/α,β-unsaturated/α-hetero) is 1. The monoisotopic (exact) mass is 355 g/mol. The Morgan fingerprint density at radius 1 is 1.12 bits per heavy atom. The number of aromatic nitrogens is 2. The van der Waals surface area contributed by atoms with Gasteiger partial charge in [0.15, 0.2) is 11.5 Å². The fraction of sp³-hybridized carbons (Fsp3) is 0.278. The fourth-order valence-corrected chi connectivity index (χ4v) is 2.20. The predicted octanol–water partition coefficient (Wildman–Crippen LogP) is 1.99. The molecule has 0 aliphatic carbocycles. The maximum absolute atomic E-state index is 12.5. The number of esters is 2. The summed E-state index contributed by atoms with van der Waals surface area (Å²) in [7, 11) is 0. The van der Waals surface area contributed by atoms with Gasteiger partial charge in [0.2, 0.25) is 0 Å². The van der Waals surface area contributed by atoms with Gasteiger partial charge in [0.05, 0.1) is 24.8 Å². The second-order valence-electron chi connectivity index (χ2n) is 5.13. The molecule has 0 saturated carbocycles. The Bertz CT molecular complexity index is 879. The van der Waals surface area contributed by atoms with Crippen LogP contribution >= 0.6 is 0 Å².